The Balaban J connectivity index is 3.45. The number of nitrogens with zero attached hydrogens (tertiary/aromatic N) is 1. The number of carbonyl (C=O) groups excluding carboxylic acids is 1. The van der Waals surface area contributed by atoms with Crippen LogP contribution in [-0.2, 0) is 0 Å². The van der Waals surface area contributed by atoms with Crippen molar-refractivity contribution in [3.05, 3.63) is 23.3 Å². The number of nitrogens with two attached hydrogens (primary N) is 2. The first kappa shape index (κ1) is 10.3. The molecule has 0 spiro atoms. The fourth-order valence-corrected chi connectivity index (χ4v) is 0.934. The molecule has 76 valence electrons. The number of hydrogen-bond donors (Lipinski definition) is 2. The van der Waals surface area contributed by atoms with Crippen molar-refractivity contribution in [2.75, 3.05) is 5.73 Å². The summed E-state index contributed by atoms with van der Waals surface area (Å²) in [5, 5.41) is 0. The fourth-order valence-electron chi connectivity index (χ4n) is 0.934. The normalized spacial score (nSPS) is 10.6. The Bertz CT molecular complexity index is 381. The minimum atomic E-state index is -3.10. The molecule has 0 aliphatic heterocycles. The predicted octanol–water partition coefficient (Wildman–Crippen LogP) is 0.839. The molecule has 0 fully saturated rings. The maximum Gasteiger partial charge on any atom is 0.268 e. The van der Waals surface area contributed by atoms with Gasteiger partial charge in [0.25, 0.3) is 12.3 Å². The Morgan fingerprint density at radius 3 is 2.50 bits per heavy atom. The van der Waals surface area contributed by atoms with Gasteiger partial charge in [-0.1, -0.05) is 0 Å². The van der Waals surface area contributed by atoms with E-state index in [0.29, 0.717) is 6.20 Å². The summed E-state index contributed by atoms with van der Waals surface area (Å²) >= 11 is 0. The zero-order valence-electron chi connectivity index (χ0n) is 6.80. The van der Waals surface area contributed by atoms with Crippen molar-refractivity contribution in [2.45, 2.75) is 6.43 Å². The zero-order valence-corrected chi connectivity index (χ0v) is 6.80. The van der Waals surface area contributed by atoms with Gasteiger partial charge in [0.15, 0.2) is 5.82 Å². The third-order valence-electron chi connectivity index (χ3n) is 1.56. The van der Waals surface area contributed by atoms with Crippen LogP contribution in [0.3, 0.4) is 0 Å². The molecule has 1 rings (SSSR count). The van der Waals surface area contributed by atoms with E-state index in [2.05, 4.69) is 4.98 Å². The Kier molecular flexibility index (Phi) is 2.59. The van der Waals surface area contributed by atoms with Crippen LogP contribution in [-0.4, -0.2) is 10.9 Å². The summed E-state index contributed by atoms with van der Waals surface area (Å²) < 4.78 is 37.4. The largest absolute Gasteiger partial charge is 0.396 e. The van der Waals surface area contributed by atoms with Crippen LogP contribution in [0.2, 0.25) is 0 Å². The number of anilines is 1. The molecule has 14 heavy (non-hydrogen) atoms. The van der Waals surface area contributed by atoms with Crippen molar-refractivity contribution in [1.82, 2.24) is 4.98 Å². The van der Waals surface area contributed by atoms with Gasteiger partial charge in [-0.05, 0) is 0 Å². The van der Waals surface area contributed by atoms with Gasteiger partial charge in [-0.3, -0.25) is 4.79 Å². The summed E-state index contributed by atoms with van der Waals surface area (Å²) in [6, 6.07) is 0. The first-order chi connectivity index (χ1) is 6.45. The lowest BCUT2D eigenvalue weighted by Crippen LogP contribution is -2.18. The molecular weight excluding hydrogens is 199 g/mol. The Hall–Kier alpha value is -1.79. The maximum absolute atomic E-state index is 12.7. The first-order valence-corrected chi connectivity index (χ1v) is 3.47. The topological polar surface area (TPSA) is 82.0 Å². The highest BCUT2D eigenvalue weighted by Gasteiger charge is 2.23. The van der Waals surface area contributed by atoms with Crippen LogP contribution in [0, 0.1) is 5.82 Å². The summed E-state index contributed by atoms with van der Waals surface area (Å²) in [5.74, 6) is -2.28. The van der Waals surface area contributed by atoms with E-state index in [1.54, 1.807) is 0 Å². The van der Waals surface area contributed by atoms with Crippen LogP contribution in [0.5, 0.6) is 0 Å². The molecule has 1 aromatic rings. The van der Waals surface area contributed by atoms with Crippen LogP contribution in [0.1, 0.15) is 22.5 Å². The Morgan fingerprint density at radius 1 is 1.50 bits per heavy atom. The minimum Gasteiger partial charge on any atom is -0.396 e. The van der Waals surface area contributed by atoms with E-state index < -0.39 is 35.1 Å². The smallest absolute Gasteiger partial charge is 0.268 e. The van der Waals surface area contributed by atoms with Crippen LogP contribution in [0.4, 0.5) is 18.9 Å². The van der Waals surface area contributed by atoms with E-state index in [1.807, 2.05) is 0 Å². The van der Waals surface area contributed by atoms with Gasteiger partial charge in [0.05, 0.1) is 17.4 Å². The van der Waals surface area contributed by atoms with Gasteiger partial charge >= 0.3 is 0 Å². The second kappa shape index (κ2) is 3.52. The van der Waals surface area contributed by atoms with E-state index in [4.69, 9.17) is 11.5 Å². The molecule has 1 heterocycles. The highest BCUT2D eigenvalue weighted by atomic mass is 19.3. The number of amides is 1. The molecule has 0 saturated heterocycles. The average Bonchev–Trinajstić information content (AvgIpc) is 2.08. The number of primary amides is 1. The monoisotopic (exact) mass is 205 g/mol. The third-order valence-corrected chi connectivity index (χ3v) is 1.56. The molecule has 1 aromatic heterocycles. The first-order valence-electron chi connectivity index (χ1n) is 3.47. The molecule has 0 radical (unpaired) electrons. The number of rotatable bonds is 2. The number of pyridine rings is 1. The van der Waals surface area contributed by atoms with E-state index in [9.17, 15) is 18.0 Å². The SMILES string of the molecule is NC(=O)c1ncc(F)c(N)c1C(F)F. The maximum atomic E-state index is 12.7. The van der Waals surface area contributed by atoms with Crippen molar-refractivity contribution in [3.8, 4) is 0 Å². The summed E-state index contributed by atoms with van der Waals surface area (Å²) in [6.07, 6.45) is -2.53. The molecule has 0 saturated carbocycles. The van der Waals surface area contributed by atoms with Gasteiger partial charge in [0.1, 0.15) is 5.69 Å². The van der Waals surface area contributed by atoms with Gasteiger partial charge in [0, 0.05) is 0 Å². The molecule has 0 unspecified atom stereocenters. The molecule has 4 N–H and O–H groups in total. The highest BCUT2D eigenvalue weighted by Crippen LogP contribution is 2.28. The quantitative estimate of drug-likeness (QED) is 0.750. The van der Waals surface area contributed by atoms with Crippen molar-refractivity contribution < 1.29 is 18.0 Å². The lowest BCUT2D eigenvalue weighted by molar-refractivity contribution is 0.0980. The number of aromatic nitrogens is 1. The Morgan fingerprint density at radius 2 is 2.07 bits per heavy atom. The number of nitrogen functional groups attached to an aromatic ring is 1. The number of alkyl halides is 2. The molecule has 0 aliphatic carbocycles. The summed E-state index contributed by atoms with van der Waals surface area (Å²) in [4.78, 5) is 13.8. The summed E-state index contributed by atoms with van der Waals surface area (Å²) in [7, 11) is 0. The van der Waals surface area contributed by atoms with Gasteiger partial charge < -0.3 is 11.5 Å². The second-order valence-corrected chi connectivity index (χ2v) is 2.45. The second-order valence-electron chi connectivity index (χ2n) is 2.45. The molecule has 0 atom stereocenters. The Labute approximate surface area is 76.7 Å². The summed E-state index contributed by atoms with van der Waals surface area (Å²) in [5.41, 5.74) is 7.31. The lowest BCUT2D eigenvalue weighted by atomic mass is 10.1. The van der Waals surface area contributed by atoms with E-state index in [0.717, 1.165) is 0 Å². The van der Waals surface area contributed by atoms with Gasteiger partial charge in [-0.25, -0.2) is 18.2 Å². The van der Waals surface area contributed by atoms with Gasteiger partial charge in [-0.2, -0.15) is 0 Å². The minimum absolute atomic E-state index is 0.571. The fraction of sp³-hybridized carbons (Fsp3) is 0.143. The van der Waals surface area contributed by atoms with Crippen molar-refractivity contribution in [1.29, 1.82) is 0 Å². The van der Waals surface area contributed by atoms with Crippen LogP contribution in [0.25, 0.3) is 0 Å². The van der Waals surface area contributed by atoms with Gasteiger partial charge in [-0.15, -0.1) is 0 Å². The van der Waals surface area contributed by atoms with Crippen molar-refractivity contribution >= 4 is 11.6 Å². The lowest BCUT2D eigenvalue weighted by Gasteiger charge is -2.08. The molecular formula is C7H6F3N3O. The van der Waals surface area contributed by atoms with Gasteiger partial charge in [0.2, 0.25) is 0 Å². The van der Waals surface area contributed by atoms with E-state index >= 15 is 0 Å². The van der Waals surface area contributed by atoms with Crippen molar-refractivity contribution in [2.24, 2.45) is 5.73 Å². The van der Waals surface area contributed by atoms with E-state index in [1.165, 1.54) is 0 Å². The molecule has 0 aromatic carbocycles. The molecule has 7 heteroatoms. The predicted molar refractivity (Wildman–Crippen MR) is 42.1 cm³/mol. The van der Waals surface area contributed by atoms with Crippen LogP contribution in [0.15, 0.2) is 6.20 Å². The van der Waals surface area contributed by atoms with Crippen LogP contribution >= 0.6 is 0 Å². The average molecular weight is 205 g/mol. The van der Waals surface area contributed by atoms with Crippen LogP contribution < -0.4 is 11.5 Å². The number of carbonyl (C=O) groups is 1. The molecule has 0 aliphatic rings. The number of hydrogen-bond acceptors (Lipinski definition) is 3. The van der Waals surface area contributed by atoms with Crippen molar-refractivity contribution in [3.63, 3.8) is 0 Å². The summed E-state index contributed by atoms with van der Waals surface area (Å²) in [6.45, 7) is 0. The highest BCUT2D eigenvalue weighted by molar-refractivity contribution is 5.93. The zero-order chi connectivity index (χ0) is 10.9. The standard InChI is InChI=1S/C7H6F3N3O/c8-2-1-13-5(7(12)14)3(4(2)11)6(9)10/h1,6H,(H2,11,13)(H2,12,14). The number of halogens is 3. The third kappa shape index (κ3) is 1.61. The molecule has 1 amide bonds. The molecule has 4 nitrogen and oxygen atoms in total. The molecule has 0 bridgehead atoms. The van der Waals surface area contributed by atoms with E-state index in [-0.39, 0.29) is 0 Å².